The van der Waals surface area contributed by atoms with Gasteiger partial charge < -0.3 is 5.84 Å². The number of hydrogen-bond donors (Lipinski definition) is 1. The Bertz CT molecular complexity index is 935. The Morgan fingerprint density at radius 3 is 2.04 bits per heavy atom. The summed E-state index contributed by atoms with van der Waals surface area (Å²) in [5, 5.41) is 3.45. The van der Waals surface area contributed by atoms with Crippen molar-refractivity contribution in [1.82, 2.24) is 5.06 Å². The normalized spacial score (nSPS) is 14.3. The summed E-state index contributed by atoms with van der Waals surface area (Å²) in [5.74, 6) is 3.67. The molecule has 2 aromatic rings. The summed E-state index contributed by atoms with van der Waals surface area (Å²) >= 11 is 0. The van der Waals surface area contributed by atoms with Gasteiger partial charge in [-0.1, -0.05) is 29.5 Å². The van der Waals surface area contributed by atoms with Gasteiger partial charge in [-0.15, -0.1) is 5.06 Å². The van der Waals surface area contributed by atoms with Crippen molar-refractivity contribution in [3.63, 3.8) is 0 Å². The number of imide groups is 1. The highest BCUT2D eigenvalue weighted by Gasteiger charge is 2.36. The third-order valence-corrected chi connectivity index (χ3v) is 4.67. The Labute approximate surface area is 142 Å². The van der Waals surface area contributed by atoms with Crippen LogP contribution in [0.4, 0.5) is 0 Å². The highest BCUT2D eigenvalue weighted by atomic mass is 32.2. The Hall–Kier alpha value is -3.11. The number of carbonyl (C=O) groups is 2. The van der Waals surface area contributed by atoms with Crippen LogP contribution in [0, 0.1) is 0 Å². The smallest absolute Gasteiger partial charge is 0.301 e. The molecule has 2 N–H and O–H groups in total. The van der Waals surface area contributed by atoms with Crippen molar-refractivity contribution in [1.29, 1.82) is 0 Å². The van der Waals surface area contributed by atoms with Crippen molar-refractivity contribution in [2.75, 3.05) is 0 Å². The first kappa shape index (κ1) is 16.7. The third kappa shape index (κ3) is 3.12. The maximum absolute atomic E-state index is 12.2. The molecule has 0 unspecified atom stereocenters. The van der Waals surface area contributed by atoms with E-state index in [1.54, 1.807) is 24.3 Å². The molecule has 0 aromatic heterocycles. The van der Waals surface area contributed by atoms with Crippen molar-refractivity contribution < 1.29 is 22.8 Å². The minimum atomic E-state index is -3.94. The Morgan fingerprint density at radius 2 is 1.52 bits per heavy atom. The second-order valence-electron chi connectivity index (χ2n) is 5.04. The lowest BCUT2D eigenvalue weighted by molar-refractivity contribution is -0.101. The van der Waals surface area contributed by atoms with Crippen LogP contribution in [0.1, 0.15) is 26.3 Å². The van der Waals surface area contributed by atoms with Crippen molar-refractivity contribution >= 4 is 21.8 Å². The van der Waals surface area contributed by atoms with Crippen LogP contribution >= 0.6 is 0 Å². The highest BCUT2D eigenvalue weighted by molar-refractivity contribution is 7.90. The molecule has 25 heavy (non-hydrogen) atoms. The zero-order valence-corrected chi connectivity index (χ0v) is 13.5. The predicted molar refractivity (Wildman–Crippen MR) is 84.4 cm³/mol. The zero-order valence-electron chi connectivity index (χ0n) is 12.7. The largest absolute Gasteiger partial charge is 0.304 e. The molecular weight excluding hydrogens is 348 g/mol. The first-order valence-electron chi connectivity index (χ1n) is 7.01. The topological polar surface area (TPSA) is 131 Å². The summed E-state index contributed by atoms with van der Waals surface area (Å²) in [4.78, 5) is 29.5. The number of amides is 2. The lowest BCUT2D eigenvalue weighted by Gasteiger charge is -2.13. The van der Waals surface area contributed by atoms with E-state index in [9.17, 15) is 18.0 Å². The first-order chi connectivity index (χ1) is 11.9. The fraction of sp³-hybridized carbons (Fsp3) is 0.0667. The molecular formula is C15H12N4O5S. The van der Waals surface area contributed by atoms with Crippen LogP contribution in [0.5, 0.6) is 0 Å². The standard InChI is InChI=1S/C15H12N4O5S/c16-17-18-25(22,23)11-7-5-10(6-8-11)9-24-19-14(20)12-3-1-2-4-13(12)15(19)21/h1-8H,9H2,(H2,16,18). The summed E-state index contributed by atoms with van der Waals surface area (Å²) in [6, 6.07) is 11.9. The van der Waals surface area contributed by atoms with Gasteiger partial charge in [-0.05, 0) is 34.3 Å². The van der Waals surface area contributed by atoms with Crippen molar-refractivity contribution in [3.8, 4) is 0 Å². The fourth-order valence-corrected chi connectivity index (χ4v) is 2.99. The van der Waals surface area contributed by atoms with Gasteiger partial charge in [0.1, 0.15) is 6.61 Å². The van der Waals surface area contributed by atoms with Gasteiger partial charge in [-0.3, -0.25) is 14.4 Å². The van der Waals surface area contributed by atoms with Crippen LogP contribution in [0.3, 0.4) is 0 Å². The van der Waals surface area contributed by atoms with Crippen molar-refractivity contribution in [2.24, 2.45) is 15.6 Å². The van der Waals surface area contributed by atoms with Crippen molar-refractivity contribution in [2.45, 2.75) is 11.5 Å². The molecule has 0 spiro atoms. The third-order valence-electron chi connectivity index (χ3n) is 3.49. The van der Waals surface area contributed by atoms with E-state index in [0.717, 1.165) is 0 Å². The minimum absolute atomic E-state index is 0.0915. The highest BCUT2D eigenvalue weighted by Crippen LogP contribution is 2.23. The van der Waals surface area contributed by atoms with E-state index in [4.69, 9.17) is 10.7 Å². The molecule has 0 atom stereocenters. The van der Waals surface area contributed by atoms with Gasteiger partial charge in [0.15, 0.2) is 0 Å². The molecule has 1 heterocycles. The summed E-state index contributed by atoms with van der Waals surface area (Å²) in [6.07, 6.45) is 0. The minimum Gasteiger partial charge on any atom is -0.304 e. The predicted octanol–water partition coefficient (Wildman–Crippen LogP) is 1.43. The molecule has 1 aliphatic rings. The lowest BCUT2D eigenvalue weighted by atomic mass is 10.1. The van der Waals surface area contributed by atoms with E-state index in [1.807, 2.05) is 0 Å². The van der Waals surface area contributed by atoms with Crippen molar-refractivity contribution in [3.05, 3.63) is 65.2 Å². The van der Waals surface area contributed by atoms with Crippen LogP contribution < -0.4 is 5.84 Å². The number of hydroxylamine groups is 2. The number of benzene rings is 2. The number of carbonyl (C=O) groups excluding carboxylic acids is 2. The molecule has 0 saturated carbocycles. The summed E-state index contributed by atoms with van der Waals surface area (Å²) in [5.41, 5.74) is 1.11. The molecule has 3 rings (SSSR count). The second kappa shape index (κ2) is 6.42. The summed E-state index contributed by atoms with van der Waals surface area (Å²) < 4.78 is 26.3. The Kier molecular flexibility index (Phi) is 4.30. The SMILES string of the molecule is NN=NS(=O)(=O)c1ccc(CON2C(=O)c3ccccc3C2=O)cc1. The number of rotatable bonds is 5. The molecule has 0 fully saturated rings. The molecule has 10 heteroatoms. The summed E-state index contributed by atoms with van der Waals surface area (Å²) in [6.45, 7) is -0.0931. The maximum atomic E-state index is 12.2. The average Bonchev–Trinajstić information content (AvgIpc) is 2.85. The van der Waals surface area contributed by atoms with Gasteiger partial charge >= 0.3 is 10.0 Å². The molecule has 2 aromatic carbocycles. The molecule has 0 saturated heterocycles. The average molecular weight is 360 g/mol. The molecule has 0 bridgehead atoms. The van der Waals surface area contributed by atoms with Gasteiger partial charge in [0.25, 0.3) is 11.8 Å². The molecule has 2 amide bonds. The number of nitrogens with zero attached hydrogens (tertiary/aromatic N) is 3. The van der Waals surface area contributed by atoms with E-state index >= 15 is 0 Å². The lowest BCUT2D eigenvalue weighted by Crippen LogP contribution is -2.29. The Balaban J connectivity index is 1.71. The first-order valence-corrected chi connectivity index (χ1v) is 8.45. The molecule has 0 radical (unpaired) electrons. The van der Waals surface area contributed by atoms with Gasteiger partial charge in [0.2, 0.25) is 0 Å². The zero-order chi connectivity index (χ0) is 18.0. The van der Waals surface area contributed by atoms with E-state index < -0.39 is 21.8 Å². The van der Waals surface area contributed by atoms with Gasteiger partial charge in [-0.2, -0.15) is 8.42 Å². The monoisotopic (exact) mass is 360 g/mol. The van der Waals surface area contributed by atoms with E-state index in [1.165, 1.54) is 24.3 Å². The molecule has 1 aliphatic heterocycles. The second-order valence-corrected chi connectivity index (χ2v) is 6.62. The number of sulfonamides is 1. The number of fused-ring (bicyclic) bond motifs is 1. The van der Waals surface area contributed by atoms with Crippen LogP contribution in [0.2, 0.25) is 0 Å². The van der Waals surface area contributed by atoms with Gasteiger partial charge in [-0.25, -0.2) is 0 Å². The fourth-order valence-electron chi connectivity index (χ4n) is 2.29. The maximum Gasteiger partial charge on any atom is 0.301 e. The Morgan fingerprint density at radius 1 is 0.960 bits per heavy atom. The van der Waals surface area contributed by atoms with Crippen LogP contribution in [0.15, 0.2) is 63.2 Å². The van der Waals surface area contributed by atoms with E-state index in [2.05, 4.69) is 9.74 Å². The van der Waals surface area contributed by atoms with Crippen LogP contribution in [-0.4, -0.2) is 25.3 Å². The van der Waals surface area contributed by atoms with Gasteiger partial charge in [0, 0.05) is 0 Å². The quantitative estimate of drug-likeness (QED) is 0.371. The number of hydrogen-bond acceptors (Lipinski definition) is 6. The molecule has 9 nitrogen and oxygen atoms in total. The van der Waals surface area contributed by atoms with Crippen LogP contribution in [0.25, 0.3) is 0 Å². The molecule has 0 aliphatic carbocycles. The summed E-state index contributed by atoms with van der Waals surface area (Å²) in [7, 11) is -3.94. The van der Waals surface area contributed by atoms with Crippen LogP contribution in [-0.2, 0) is 21.5 Å². The van der Waals surface area contributed by atoms with E-state index in [0.29, 0.717) is 10.6 Å². The number of nitrogens with two attached hydrogens (primary N) is 1. The molecule has 128 valence electrons. The van der Waals surface area contributed by atoms with E-state index in [-0.39, 0.29) is 22.6 Å². The van der Waals surface area contributed by atoms with Gasteiger partial charge in [0.05, 0.1) is 16.0 Å².